The number of aromatic nitrogens is 1. The summed E-state index contributed by atoms with van der Waals surface area (Å²) in [6.45, 7) is 0.345. The highest BCUT2D eigenvalue weighted by molar-refractivity contribution is 6.05. The number of nitrogens with two attached hydrogens (primary N) is 1. The van der Waals surface area contributed by atoms with Crippen LogP contribution in [0.1, 0.15) is 6.42 Å². The van der Waals surface area contributed by atoms with Gasteiger partial charge in [-0.2, -0.15) is 0 Å². The van der Waals surface area contributed by atoms with E-state index in [-0.39, 0.29) is 12.3 Å². The van der Waals surface area contributed by atoms with Crippen molar-refractivity contribution in [2.24, 2.45) is 0 Å². The first-order valence-electron chi connectivity index (χ1n) is 5.90. The number of carbonyl (C=O) groups is 2. The summed E-state index contributed by atoms with van der Waals surface area (Å²) in [6, 6.07) is 6.88. The molecule has 2 heterocycles. The van der Waals surface area contributed by atoms with Crippen LogP contribution >= 0.6 is 0 Å². The molecule has 0 radical (unpaired) electrons. The van der Waals surface area contributed by atoms with Gasteiger partial charge in [-0.1, -0.05) is 6.07 Å². The molecule has 3 N–H and O–H groups in total. The van der Waals surface area contributed by atoms with E-state index in [1.807, 2.05) is 18.2 Å². The number of amides is 3. The van der Waals surface area contributed by atoms with Crippen molar-refractivity contribution in [3.63, 3.8) is 0 Å². The van der Waals surface area contributed by atoms with Crippen LogP contribution in [0.5, 0.6) is 0 Å². The third kappa shape index (κ3) is 2.08. The summed E-state index contributed by atoms with van der Waals surface area (Å²) >= 11 is 0. The average Bonchev–Trinajstić information content (AvgIpc) is 2.38. The van der Waals surface area contributed by atoms with Gasteiger partial charge in [-0.15, -0.1) is 0 Å². The summed E-state index contributed by atoms with van der Waals surface area (Å²) in [5.41, 5.74) is 6.37. The van der Waals surface area contributed by atoms with Crippen LogP contribution in [0.25, 0.3) is 10.8 Å². The average molecular weight is 256 g/mol. The number of benzene rings is 1. The lowest BCUT2D eigenvalue weighted by Gasteiger charge is -2.25. The van der Waals surface area contributed by atoms with Crippen molar-refractivity contribution in [3.05, 3.63) is 30.5 Å². The Hall–Kier alpha value is -2.63. The molecule has 0 unspecified atom stereocenters. The molecular formula is C13H12N4O2. The van der Waals surface area contributed by atoms with Crippen LogP contribution in [0.3, 0.4) is 0 Å². The maximum atomic E-state index is 11.7. The third-order valence-corrected chi connectivity index (χ3v) is 3.06. The van der Waals surface area contributed by atoms with Crippen LogP contribution in [-0.2, 0) is 4.79 Å². The van der Waals surface area contributed by atoms with Gasteiger partial charge in [0.15, 0.2) is 0 Å². The molecule has 3 rings (SSSR count). The van der Waals surface area contributed by atoms with Crippen molar-refractivity contribution in [1.29, 1.82) is 0 Å². The third-order valence-electron chi connectivity index (χ3n) is 3.06. The second-order valence-electron chi connectivity index (χ2n) is 4.40. The van der Waals surface area contributed by atoms with Crippen molar-refractivity contribution in [2.45, 2.75) is 6.42 Å². The van der Waals surface area contributed by atoms with Gasteiger partial charge in [-0.05, 0) is 23.6 Å². The van der Waals surface area contributed by atoms with Gasteiger partial charge in [-0.25, -0.2) is 9.78 Å². The molecule has 0 aliphatic carbocycles. The second-order valence-corrected chi connectivity index (χ2v) is 4.40. The number of carbonyl (C=O) groups excluding carboxylic acids is 2. The minimum atomic E-state index is -0.432. The van der Waals surface area contributed by atoms with Gasteiger partial charge >= 0.3 is 6.03 Å². The van der Waals surface area contributed by atoms with E-state index in [0.717, 1.165) is 10.8 Å². The minimum Gasteiger partial charge on any atom is -0.399 e. The number of hydrogen-bond donors (Lipinski definition) is 2. The standard InChI is InChI=1S/C13H12N4O2/c14-10-2-1-8-6-11(15-7-9(8)5-10)17-4-3-12(18)16-13(17)19/h1-2,5-7H,3-4,14H2,(H,16,18,19). The molecule has 0 atom stereocenters. The van der Waals surface area contributed by atoms with Gasteiger partial charge < -0.3 is 5.73 Å². The molecule has 0 spiro atoms. The number of imide groups is 1. The second kappa shape index (κ2) is 4.24. The molecule has 1 aromatic carbocycles. The quantitative estimate of drug-likeness (QED) is 0.752. The summed E-state index contributed by atoms with van der Waals surface area (Å²) in [4.78, 5) is 28.5. The number of rotatable bonds is 1. The van der Waals surface area contributed by atoms with E-state index >= 15 is 0 Å². The van der Waals surface area contributed by atoms with E-state index in [0.29, 0.717) is 18.1 Å². The van der Waals surface area contributed by atoms with E-state index < -0.39 is 6.03 Å². The van der Waals surface area contributed by atoms with E-state index in [9.17, 15) is 9.59 Å². The molecule has 0 saturated carbocycles. The molecule has 1 aromatic heterocycles. The number of pyridine rings is 1. The smallest absolute Gasteiger partial charge is 0.329 e. The highest BCUT2D eigenvalue weighted by Gasteiger charge is 2.25. The van der Waals surface area contributed by atoms with E-state index in [1.54, 1.807) is 12.3 Å². The van der Waals surface area contributed by atoms with Crippen LogP contribution in [0.4, 0.5) is 16.3 Å². The maximum absolute atomic E-state index is 11.7. The lowest BCUT2D eigenvalue weighted by molar-refractivity contribution is -0.120. The Bertz CT molecular complexity index is 683. The van der Waals surface area contributed by atoms with Crippen LogP contribution < -0.4 is 16.0 Å². The summed E-state index contributed by atoms with van der Waals surface area (Å²) in [7, 11) is 0. The maximum Gasteiger partial charge on any atom is 0.329 e. The highest BCUT2D eigenvalue weighted by Crippen LogP contribution is 2.22. The first-order chi connectivity index (χ1) is 9.13. The normalized spacial score (nSPS) is 15.7. The molecule has 6 heteroatoms. The van der Waals surface area contributed by atoms with Crippen LogP contribution in [0.2, 0.25) is 0 Å². The molecule has 0 bridgehead atoms. The van der Waals surface area contributed by atoms with Crippen molar-refractivity contribution >= 4 is 34.2 Å². The number of fused-ring (bicyclic) bond motifs is 1. The lowest BCUT2D eigenvalue weighted by Crippen LogP contribution is -2.49. The number of urea groups is 1. The topological polar surface area (TPSA) is 88.3 Å². The van der Waals surface area contributed by atoms with Crippen molar-refractivity contribution in [3.8, 4) is 0 Å². The number of anilines is 2. The SMILES string of the molecule is Nc1ccc2cc(N3CCC(=O)NC3=O)ncc2c1. The Labute approximate surface area is 109 Å². The fraction of sp³-hybridized carbons (Fsp3) is 0.154. The fourth-order valence-electron chi connectivity index (χ4n) is 2.08. The molecule has 3 amide bonds. The van der Waals surface area contributed by atoms with Gasteiger partial charge in [0.05, 0.1) is 0 Å². The van der Waals surface area contributed by atoms with Crippen LogP contribution in [0, 0.1) is 0 Å². The number of nitrogens with one attached hydrogen (secondary N) is 1. The van der Waals surface area contributed by atoms with Gasteiger partial charge in [0.1, 0.15) is 5.82 Å². The Kier molecular flexibility index (Phi) is 2.56. The van der Waals surface area contributed by atoms with Gasteiger partial charge in [0.25, 0.3) is 0 Å². The van der Waals surface area contributed by atoms with Crippen molar-refractivity contribution in [1.82, 2.24) is 10.3 Å². The molecular weight excluding hydrogens is 244 g/mol. The number of hydrogen-bond acceptors (Lipinski definition) is 4. The van der Waals surface area contributed by atoms with E-state index in [1.165, 1.54) is 4.90 Å². The Morgan fingerprint density at radius 1 is 1.21 bits per heavy atom. The molecule has 1 fully saturated rings. The molecule has 96 valence electrons. The minimum absolute atomic E-state index is 0.255. The van der Waals surface area contributed by atoms with Gasteiger partial charge in [0, 0.05) is 30.2 Å². The Morgan fingerprint density at radius 2 is 2.05 bits per heavy atom. The predicted molar refractivity (Wildman–Crippen MR) is 71.7 cm³/mol. The predicted octanol–water partition coefficient (Wildman–Crippen LogP) is 1.26. The highest BCUT2D eigenvalue weighted by atomic mass is 16.2. The lowest BCUT2D eigenvalue weighted by atomic mass is 10.1. The van der Waals surface area contributed by atoms with Crippen molar-refractivity contribution < 1.29 is 9.59 Å². The Balaban J connectivity index is 1.99. The molecule has 1 saturated heterocycles. The Morgan fingerprint density at radius 3 is 2.84 bits per heavy atom. The summed E-state index contributed by atoms with van der Waals surface area (Å²) in [6.07, 6.45) is 1.96. The van der Waals surface area contributed by atoms with Gasteiger partial charge in [-0.3, -0.25) is 15.0 Å². The van der Waals surface area contributed by atoms with E-state index in [2.05, 4.69) is 10.3 Å². The summed E-state index contributed by atoms with van der Waals surface area (Å²) in [5.74, 6) is 0.275. The number of nitrogen functional groups attached to an aromatic ring is 1. The van der Waals surface area contributed by atoms with Crippen molar-refractivity contribution in [2.75, 3.05) is 17.2 Å². The monoisotopic (exact) mass is 256 g/mol. The fourth-order valence-corrected chi connectivity index (χ4v) is 2.08. The van der Waals surface area contributed by atoms with Crippen LogP contribution in [0.15, 0.2) is 30.5 Å². The van der Waals surface area contributed by atoms with Gasteiger partial charge in [0.2, 0.25) is 5.91 Å². The first-order valence-corrected chi connectivity index (χ1v) is 5.90. The zero-order valence-electron chi connectivity index (χ0n) is 10.1. The molecule has 1 aliphatic rings. The molecule has 6 nitrogen and oxygen atoms in total. The zero-order chi connectivity index (χ0) is 13.4. The summed E-state index contributed by atoms with van der Waals surface area (Å²) in [5, 5.41) is 4.14. The zero-order valence-corrected chi connectivity index (χ0v) is 10.1. The summed E-state index contributed by atoms with van der Waals surface area (Å²) < 4.78 is 0. The first kappa shape index (κ1) is 11.5. The molecule has 2 aromatic rings. The molecule has 1 aliphatic heterocycles. The van der Waals surface area contributed by atoms with E-state index in [4.69, 9.17) is 5.73 Å². The van der Waals surface area contributed by atoms with Crippen LogP contribution in [-0.4, -0.2) is 23.5 Å². The number of nitrogens with zero attached hydrogens (tertiary/aromatic N) is 2. The molecule has 19 heavy (non-hydrogen) atoms. The largest absolute Gasteiger partial charge is 0.399 e.